The molecule has 1 aromatic carbocycles. The Bertz CT molecular complexity index is 770. The van der Waals surface area contributed by atoms with Crippen LogP contribution in [0.2, 0.25) is 0 Å². The van der Waals surface area contributed by atoms with Crippen LogP contribution in [0.25, 0.3) is 0 Å². The predicted octanol–water partition coefficient (Wildman–Crippen LogP) is 2.81. The Balaban J connectivity index is 1.69. The van der Waals surface area contributed by atoms with Crippen LogP contribution in [0.1, 0.15) is 55.3 Å². The second kappa shape index (κ2) is 6.88. The van der Waals surface area contributed by atoms with Gasteiger partial charge in [0.2, 0.25) is 0 Å². The number of fused-ring (bicyclic) bond motifs is 1. The molecule has 4 atom stereocenters. The fourth-order valence-corrected chi connectivity index (χ4v) is 5.39. The molecule has 1 spiro atoms. The van der Waals surface area contributed by atoms with Crippen molar-refractivity contribution in [1.29, 1.82) is 0 Å². The number of allylic oxidation sites excluding steroid dienone is 1. The first-order valence-electron chi connectivity index (χ1n) is 9.83. The van der Waals surface area contributed by atoms with E-state index in [0.29, 0.717) is 30.4 Å². The van der Waals surface area contributed by atoms with Gasteiger partial charge in [-0.25, -0.2) is 4.79 Å². The summed E-state index contributed by atoms with van der Waals surface area (Å²) in [6.45, 7) is -0.193. The molecule has 3 aliphatic rings. The predicted molar refractivity (Wildman–Crippen MR) is 99.0 cm³/mol. The summed E-state index contributed by atoms with van der Waals surface area (Å²) in [6.07, 6.45) is 5.45. The zero-order valence-electron chi connectivity index (χ0n) is 15.4. The molecule has 27 heavy (non-hydrogen) atoms. The first kappa shape index (κ1) is 18.4. The molecule has 0 saturated heterocycles. The zero-order valence-corrected chi connectivity index (χ0v) is 15.4. The highest BCUT2D eigenvalue weighted by Gasteiger charge is 2.66. The Morgan fingerprint density at radius 2 is 1.93 bits per heavy atom. The summed E-state index contributed by atoms with van der Waals surface area (Å²) in [4.78, 5) is 26.0. The van der Waals surface area contributed by atoms with Crippen molar-refractivity contribution in [2.24, 2.45) is 11.3 Å². The number of aliphatic hydroxyl groups excluding tert-OH is 1. The van der Waals surface area contributed by atoms with Gasteiger partial charge < -0.3 is 14.9 Å². The molecule has 1 aromatic rings. The molecule has 5 heteroatoms. The second-order valence-corrected chi connectivity index (χ2v) is 8.18. The minimum Gasteiger partial charge on any atom is -0.456 e. The van der Waals surface area contributed by atoms with Crippen LogP contribution in [0.5, 0.6) is 0 Å². The van der Waals surface area contributed by atoms with Gasteiger partial charge in [-0.3, -0.25) is 4.79 Å². The lowest BCUT2D eigenvalue weighted by Gasteiger charge is -2.43. The molecule has 0 aromatic heterocycles. The van der Waals surface area contributed by atoms with Crippen LogP contribution in [0.15, 0.2) is 42.0 Å². The standard InChI is InChI=1S/C22H26O5/c23-14-15-12-17-8-4-5-10-21(19(17)24)11-9-18(22(21,26)13-15)27-20(25)16-6-2-1-3-7-16/h1-3,6-7,12,17-18,23,26H,4-5,8-11,13-14H2/t17-,18+,21-,22+/m1/s1. The van der Waals surface area contributed by atoms with Gasteiger partial charge in [0.25, 0.3) is 0 Å². The molecule has 3 aliphatic carbocycles. The van der Waals surface area contributed by atoms with Crippen molar-refractivity contribution in [3.63, 3.8) is 0 Å². The number of ketones is 1. The van der Waals surface area contributed by atoms with Gasteiger partial charge in [-0.15, -0.1) is 0 Å². The van der Waals surface area contributed by atoms with Crippen LogP contribution in [0, 0.1) is 11.3 Å². The van der Waals surface area contributed by atoms with Crippen molar-refractivity contribution in [2.75, 3.05) is 6.61 Å². The highest BCUT2D eigenvalue weighted by Crippen LogP contribution is 2.58. The maximum Gasteiger partial charge on any atom is 0.338 e. The summed E-state index contributed by atoms with van der Waals surface area (Å²) in [7, 11) is 0. The molecule has 0 unspecified atom stereocenters. The van der Waals surface area contributed by atoms with Gasteiger partial charge in [-0.05, 0) is 43.4 Å². The Kier molecular flexibility index (Phi) is 4.68. The van der Waals surface area contributed by atoms with Gasteiger partial charge in [0.15, 0.2) is 0 Å². The van der Waals surface area contributed by atoms with E-state index < -0.39 is 23.1 Å². The van der Waals surface area contributed by atoms with Crippen LogP contribution in [-0.2, 0) is 9.53 Å². The van der Waals surface area contributed by atoms with E-state index in [4.69, 9.17) is 4.74 Å². The molecule has 2 fully saturated rings. The van der Waals surface area contributed by atoms with Gasteiger partial charge in [-0.1, -0.05) is 37.1 Å². The Morgan fingerprint density at radius 3 is 2.67 bits per heavy atom. The Labute approximate surface area is 159 Å². The van der Waals surface area contributed by atoms with Crippen LogP contribution < -0.4 is 0 Å². The lowest BCUT2D eigenvalue weighted by atomic mass is 9.65. The van der Waals surface area contributed by atoms with E-state index in [-0.39, 0.29) is 24.7 Å². The van der Waals surface area contributed by atoms with Crippen molar-refractivity contribution >= 4 is 11.8 Å². The van der Waals surface area contributed by atoms with Crippen molar-refractivity contribution in [2.45, 2.75) is 56.7 Å². The third kappa shape index (κ3) is 2.84. The number of aliphatic hydroxyl groups is 2. The lowest BCUT2D eigenvalue weighted by molar-refractivity contribution is -0.159. The molecule has 0 radical (unpaired) electrons. The second-order valence-electron chi connectivity index (χ2n) is 8.18. The Morgan fingerprint density at radius 1 is 1.15 bits per heavy atom. The fraction of sp³-hybridized carbons (Fsp3) is 0.545. The summed E-state index contributed by atoms with van der Waals surface area (Å²) in [5.74, 6) is -0.682. The monoisotopic (exact) mass is 370 g/mol. The van der Waals surface area contributed by atoms with Crippen molar-refractivity contribution in [1.82, 2.24) is 0 Å². The smallest absolute Gasteiger partial charge is 0.338 e. The van der Waals surface area contributed by atoms with Gasteiger partial charge in [-0.2, -0.15) is 0 Å². The highest BCUT2D eigenvalue weighted by molar-refractivity contribution is 5.92. The van der Waals surface area contributed by atoms with Gasteiger partial charge in [0, 0.05) is 12.3 Å². The third-order valence-corrected chi connectivity index (χ3v) is 6.77. The molecule has 0 amide bonds. The van der Waals surface area contributed by atoms with E-state index in [0.717, 1.165) is 19.3 Å². The van der Waals surface area contributed by atoms with E-state index in [1.54, 1.807) is 24.3 Å². The fourth-order valence-electron chi connectivity index (χ4n) is 5.39. The van der Waals surface area contributed by atoms with Crippen LogP contribution in [0.3, 0.4) is 0 Å². The number of esters is 1. The molecule has 0 heterocycles. The zero-order chi connectivity index (χ0) is 19.1. The minimum absolute atomic E-state index is 0.0595. The quantitative estimate of drug-likeness (QED) is 0.631. The lowest BCUT2D eigenvalue weighted by Crippen LogP contribution is -2.56. The van der Waals surface area contributed by atoms with E-state index in [1.165, 1.54) is 0 Å². The maximum absolute atomic E-state index is 13.4. The molecular formula is C22H26O5. The van der Waals surface area contributed by atoms with Gasteiger partial charge in [0.1, 0.15) is 17.5 Å². The van der Waals surface area contributed by atoms with E-state index in [1.807, 2.05) is 12.1 Å². The summed E-state index contributed by atoms with van der Waals surface area (Å²) >= 11 is 0. The van der Waals surface area contributed by atoms with Crippen molar-refractivity contribution < 1.29 is 24.5 Å². The van der Waals surface area contributed by atoms with Gasteiger partial charge >= 0.3 is 5.97 Å². The van der Waals surface area contributed by atoms with E-state index in [2.05, 4.69) is 0 Å². The number of hydrogen-bond donors (Lipinski definition) is 2. The number of Topliss-reactive ketones (excluding diaryl/α,β-unsaturated/α-hetero) is 1. The average molecular weight is 370 g/mol. The van der Waals surface area contributed by atoms with E-state index >= 15 is 0 Å². The van der Waals surface area contributed by atoms with Crippen molar-refractivity contribution in [3.05, 3.63) is 47.5 Å². The van der Waals surface area contributed by atoms with Crippen molar-refractivity contribution in [3.8, 4) is 0 Å². The molecular weight excluding hydrogens is 344 g/mol. The number of rotatable bonds is 3. The summed E-state index contributed by atoms with van der Waals surface area (Å²) in [6, 6.07) is 8.70. The summed E-state index contributed by atoms with van der Waals surface area (Å²) in [5.41, 5.74) is -1.24. The molecule has 0 aliphatic heterocycles. The number of benzene rings is 1. The maximum atomic E-state index is 13.4. The third-order valence-electron chi connectivity index (χ3n) is 6.77. The molecule has 2 saturated carbocycles. The first-order chi connectivity index (χ1) is 13.0. The summed E-state index contributed by atoms with van der Waals surface area (Å²) < 4.78 is 5.74. The number of hydrogen-bond acceptors (Lipinski definition) is 5. The molecule has 2 bridgehead atoms. The molecule has 2 N–H and O–H groups in total. The van der Waals surface area contributed by atoms with Crippen LogP contribution in [-0.4, -0.2) is 40.3 Å². The first-order valence-corrected chi connectivity index (χ1v) is 9.83. The largest absolute Gasteiger partial charge is 0.456 e. The normalized spacial score (nSPS) is 35.6. The highest BCUT2D eigenvalue weighted by atomic mass is 16.6. The van der Waals surface area contributed by atoms with E-state index in [9.17, 15) is 19.8 Å². The minimum atomic E-state index is -1.46. The van der Waals surface area contributed by atoms with Crippen LogP contribution in [0.4, 0.5) is 0 Å². The molecule has 144 valence electrons. The molecule has 4 rings (SSSR count). The number of carbonyl (C=O) groups is 2. The average Bonchev–Trinajstić information content (AvgIpc) is 2.79. The SMILES string of the molecule is O=C(O[C@H]1CC[C@@]23CCCC[C@H](C=C(CO)C[C@]12O)C3=O)c1ccccc1. The molecule has 5 nitrogen and oxygen atoms in total. The topological polar surface area (TPSA) is 83.8 Å². The van der Waals surface area contributed by atoms with Gasteiger partial charge in [0.05, 0.1) is 17.6 Å². The summed E-state index contributed by atoms with van der Waals surface area (Å²) in [5, 5.41) is 21.6. The number of carbonyl (C=O) groups excluding carboxylic acids is 2. The number of ether oxygens (including phenoxy) is 1. The van der Waals surface area contributed by atoms with Crippen LogP contribution >= 0.6 is 0 Å². The Hall–Kier alpha value is -1.98.